The van der Waals surface area contributed by atoms with Crippen LogP contribution >= 0.6 is 11.6 Å². The number of likely N-dealkylation sites (tertiary alicyclic amines) is 1. The number of nitrogens with zero attached hydrogens (tertiary/aromatic N) is 1. The number of piperidine rings is 1. The van der Waals surface area contributed by atoms with Crippen molar-refractivity contribution in [1.82, 2.24) is 4.90 Å². The summed E-state index contributed by atoms with van der Waals surface area (Å²) in [7, 11) is 1.54. The van der Waals surface area contributed by atoms with Gasteiger partial charge in [-0.15, -0.1) is 0 Å². The number of anilines is 1. The van der Waals surface area contributed by atoms with E-state index in [0.717, 1.165) is 0 Å². The van der Waals surface area contributed by atoms with E-state index in [2.05, 4.69) is 5.32 Å². The Morgan fingerprint density at radius 2 is 2.04 bits per heavy atom. The molecule has 1 unspecified atom stereocenters. The molecule has 1 saturated heterocycles. The fraction of sp³-hybridized carbons (Fsp3) is 0.500. The first-order valence-corrected chi connectivity index (χ1v) is 7.98. The van der Waals surface area contributed by atoms with Crippen molar-refractivity contribution in [1.29, 1.82) is 0 Å². The van der Waals surface area contributed by atoms with E-state index < -0.39 is 0 Å². The predicted octanol–water partition coefficient (Wildman–Crippen LogP) is 1.87. The number of carbonyl (C=O) groups is 2. The highest BCUT2D eigenvalue weighted by Gasteiger charge is 2.29. The second-order valence-electron chi connectivity index (χ2n) is 5.72. The molecule has 1 heterocycles. The monoisotopic (exact) mass is 339 g/mol. The zero-order valence-electron chi connectivity index (χ0n) is 13.3. The van der Waals surface area contributed by atoms with Gasteiger partial charge in [-0.2, -0.15) is 0 Å². The van der Waals surface area contributed by atoms with Gasteiger partial charge in [-0.25, -0.2) is 0 Å². The van der Waals surface area contributed by atoms with Crippen LogP contribution in [0.25, 0.3) is 0 Å². The van der Waals surface area contributed by atoms with E-state index in [-0.39, 0.29) is 23.8 Å². The Bertz CT molecular complexity index is 586. The normalized spacial score (nSPS) is 17.5. The molecule has 1 aliphatic heterocycles. The summed E-state index contributed by atoms with van der Waals surface area (Å²) in [5.74, 6) is 0.0745. The molecule has 126 valence electrons. The summed E-state index contributed by atoms with van der Waals surface area (Å²) in [6.45, 7) is 3.20. The van der Waals surface area contributed by atoms with E-state index >= 15 is 0 Å². The van der Waals surface area contributed by atoms with Gasteiger partial charge in [0.25, 0.3) is 0 Å². The molecule has 1 aliphatic rings. The van der Waals surface area contributed by atoms with Crippen LogP contribution in [0.5, 0.6) is 5.75 Å². The second kappa shape index (κ2) is 7.66. The van der Waals surface area contributed by atoms with Gasteiger partial charge in [0.2, 0.25) is 11.8 Å². The van der Waals surface area contributed by atoms with E-state index in [4.69, 9.17) is 22.1 Å². The molecular weight excluding hydrogens is 318 g/mol. The fourth-order valence-corrected chi connectivity index (χ4v) is 2.92. The number of carbonyl (C=O) groups excluding carboxylic acids is 2. The molecule has 3 N–H and O–H groups in total. The van der Waals surface area contributed by atoms with Gasteiger partial charge in [0.1, 0.15) is 5.75 Å². The van der Waals surface area contributed by atoms with Crippen molar-refractivity contribution >= 4 is 29.1 Å². The Kier molecular flexibility index (Phi) is 5.85. The highest BCUT2D eigenvalue weighted by molar-refractivity contribution is 6.31. The zero-order chi connectivity index (χ0) is 17.0. The largest absolute Gasteiger partial charge is 0.495 e. The van der Waals surface area contributed by atoms with Crippen LogP contribution in [-0.2, 0) is 9.59 Å². The van der Waals surface area contributed by atoms with Crippen molar-refractivity contribution in [2.75, 3.05) is 25.5 Å². The molecule has 0 spiro atoms. The third kappa shape index (κ3) is 4.36. The maximum atomic E-state index is 12.5. The van der Waals surface area contributed by atoms with Crippen LogP contribution in [0.1, 0.15) is 19.8 Å². The Labute approximate surface area is 140 Å². The second-order valence-corrected chi connectivity index (χ2v) is 6.16. The Morgan fingerprint density at radius 3 is 2.61 bits per heavy atom. The molecule has 1 aromatic carbocycles. The van der Waals surface area contributed by atoms with Crippen molar-refractivity contribution in [3.63, 3.8) is 0 Å². The third-order valence-electron chi connectivity index (χ3n) is 4.28. The number of primary amides is 1. The van der Waals surface area contributed by atoms with E-state index in [1.54, 1.807) is 18.2 Å². The minimum atomic E-state index is -0.312. The first-order valence-electron chi connectivity index (χ1n) is 7.60. The molecule has 0 aromatic heterocycles. The summed E-state index contributed by atoms with van der Waals surface area (Å²) < 4.78 is 5.23. The number of hydrogen-bond acceptors (Lipinski definition) is 4. The van der Waals surface area contributed by atoms with E-state index in [0.29, 0.717) is 42.4 Å². The first kappa shape index (κ1) is 17.6. The van der Waals surface area contributed by atoms with Crippen molar-refractivity contribution in [3.8, 4) is 5.75 Å². The molecule has 2 rings (SSSR count). The highest BCUT2D eigenvalue weighted by atomic mass is 35.5. The number of halogens is 1. The lowest BCUT2D eigenvalue weighted by atomic mass is 9.95. The number of methoxy groups -OCH3 is 1. The number of amides is 2. The van der Waals surface area contributed by atoms with Gasteiger partial charge in [0, 0.05) is 10.9 Å². The minimum Gasteiger partial charge on any atom is -0.495 e. The molecule has 0 bridgehead atoms. The van der Waals surface area contributed by atoms with Crippen LogP contribution in [0.2, 0.25) is 5.02 Å². The van der Waals surface area contributed by atoms with Gasteiger partial charge < -0.3 is 15.8 Å². The van der Waals surface area contributed by atoms with Gasteiger partial charge in [-0.3, -0.25) is 14.5 Å². The smallest absolute Gasteiger partial charge is 0.241 e. The molecule has 23 heavy (non-hydrogen) atoms. The fourth-order valence-electron chi connectivity index (χ4n) is 2.75. The van der Waals surface area contributed by atoms with E-state index in [1.807, 2.05) is 11.8 Å². The van der Waals surface area contributed by atoms with Crippen molar-refractivity contribution < 1.29 is 14.3 Å². The average molecular weight is 340 g/mol. The van der Waals surface area contributed by atoms with Crippen LogP contribution < -0.4 is 15.8 Å². The summed E-state index contributed by atoms with van der Waals surface area (Å²) in [4.78, 5) is 25.7. The average Bonchev–Trinajstić information content (AvgIpc) is 2.54. The molecule has 0 radical (unpaired) electrons. The summed E-state index contributed by atoms with van der Waals surface area (Å²) in [6.07, 6.45) is 1.38. The maximum absolute atomic E-state index is 12.5. The van der Waals surface area contributed by atoms with Crippen molar-refractivity contribution in [3.05, 3.63) is 23.2 Å². The number of rotatable bonds is 5. The Balaban J connectivity index is 1.98. The van der Waals surface area contributed by atoms with Crippen molar-refractivity contribution in [2.45, 2.75) is 25.8 Å². The number of nitrogens with two attached hydrogens (primary N) is 1. The Hall–Kier alpha value is -1.79. The molecule has 2 amide bonds. The summed E-state index contributed by atoms with van der Waals surface area (Å²) in [5.41, 5.74) is 5.88. The van der Waals surface area contributed by atoms with Crippen LogP contribution in [0, 0.1) is 5.92 Å². The van der Waals surface area contributed by atoms with Gasteiger partial charge in [0.15, 0.2) is 0 Å². The molecule has 1 aromatic rings. The van der Waals surface area contributed by atoms with Gasteiger partial charge in [-0.05, 0) is 51.1 Å². The van der Waals surface area contributed by atoms with Crippen LogP contribution in [0.4, 0.5) is 5.69 Å². The highest BCUT2D eigenvalue weighted by Crippen LogP contribution is 2.28. The quantitative estimate of drug-likeness (QED) is 0.857. The van der Waals surface area contributed by atoms with E-state index in [9.17, 15) is 9.59 Å². The molecule has 0 saturated carbocycles. The lowest BCUT2D eigenvalue weighted by Crippen LogP contribution is -2.47. The Morgan fingerprint density at radius 1 is 1.39 bits per heavy atom. The minimum absolute atomic E-state index is 0.0884. The first-order chi connectivity index (χ1) is 10.9. The van der Waals surface area contributed by atoms with Crippen LogP contribution in [0.15, 0.2) is 18.2 Å². The standard InChI is InChI=1S/C16H22ClN3O3/c1-10(20-7-5-11(6-8-20)15(18)21)16(22)19-13-9-12(17)3-4-14(13)23-2/h3-4,9-11H,5-8H2,1-2H3,(H2,18,21)(H,19,22). The maximum Gasteiger partial charge on any atom is 0.241 e. The molecule has 1 fully saturated rings. The number of benzene rings is 1. The zero-order valence-corrected chi connectivity index (χ0v) is 14.1. The summed E-state index contributed by atoms with van der Waals surface area (Å²) in [5, 5.41) is 3.38. The topological polar surface area (TPSA) is 84.7 Å². The molecule has 0 aliphatic carbocycles. The van der Waals surface area contributed by atoms with Gasteiger partial charge in [-0.1, -0.05) is 11.6 Å². The predicted molar refractivity (Wildman–Crippen MR) is 89.6 cm³/mol. The van der Waals surface area contributed by atoms with Gasteiger partial charge >= 0.3 is 0 Å². The van der Waals surface area contributed by atoms with Crippen LogP contribution in [0.3, 0.4) is 0 Å². The molecule has 1 atom stereocenters. The summed E-state index contributed by atoms with van der Waals surface area (Å²) in [6, 6.07) is 4.76. The van der Waals surface area contributed by atoms with Crippen LogP contribution in [-0.4, -0.2) is 43.0 Å². The molecule has 7 heteroatoms. The van der Waals surface area contributed by atoms with Crippen molar-refractivity contribution in [2.24, 2.45) is 11.7 Å². The summed E-state index contributed by atoms with van der Waals surface area (Å²) >= 11 is 5.97. The lowest BCUT2D eigenvalue weighted by molar-refractivity contribution is -0.124. The SMILES string of the molecule is COc1ccc(Cl)cc1NC(=O)C(C)N1CCC(C(N)=O)CC1. The number of nitrogens with one attached hydrogen (secondary N) is 1. The molecule has 6 nitrogen and oxygen atoms in total. The lowest BCUT2D eigenvalue weighted by Gasteiger charge is -2.34. The number of hydrogen-bond donors (Lipinski definition) is 2. The van der Waals surface area contributed by atoms with E-state index in [1.165, 1.54) is 7.11 Å². The molecular formula is C16H22ClN3O3. The van der Waals surface area contributed by atoms with Gasteiger partial charge in [0.05, 0.1) is 18.8 Å². The number of ether oxygens (including phenoxy) is 1. The third-order valence-corrected chi connectivity index (χ3v) is 4.51.